The smallest absolute Gasteiger partial charge is 0.0589 e. The fraction of sp³-hybridized carbons (Fsp3) is 0.182. The van der Waals surface area contributed by atoms with Crippen LogP contribution in [0.3, 0.4) is 0 Å². The van der Waals surface area contributed by atoms with Crippen molar-refractivity contribution < 1.29 is 0 Å². The minimum absolute atomic E-state index is 0.449. The van der Waals surface area contributed by atoms with Crippen LogP contribution in [0.2, 0.25) is 0 Å². The molecule has 112 valence electrons. The summed E-state index contributed by atoms with van der Waals surface area (Å²) < 4.78 is 0. The Kier molecular flexibility index (Phi) is 2.81. The third-order valence-electron chi connectivity index (χ3n) is 5.34. The van der Waals surface area contributed by atoms with Crippen molar-refractivity contribution in [1.82, 2.24) is 0 Å². The average Bonchev–Trinajstić information content (AvgIpc) is 3.05. The lowest BCUT2D eigenvalue weighted by atomic mass is 9.82. The molecule has 0 fully saturated rings. The lowest BCUT2D eigenvalue weighted by molar-refractivity contribution is 0.631. The fourth-order valence-electron chi connectivity index (χ4n) is 4.28. The highest BCUT2D eigenvalue weighted by molar-refractivity contribution is 5.75. The number of para-hydroxylation sites is 1. The standard InChI is InChI=1S/C22H19N/c1-3-9-18-17(8-1)15-22(20-11-5-4-10-19(18)20)23-14-13-16-7-2-6-12-21(16)23/h1-12,22H,13-15H2. The van der Waals surface area contributed by atoms with Gasteiger partial charge in [0.15, 0.2) is 0 Å². The maximum Gasteiger partial charge on any atom is 0.0589 e. The molecule has 1 aliphatic carbocycles. The molecule has 1 nitrogen and oxygen atoms in total. The van der Waals surface area contributed by atoms with Crippen molar-refractivity contribution in [1.29, 1.82) is 0 Å². The second-order valence-corrected chi connectivity index (χ2v) is 6.54. The highest BCUT2D eigenvalue weighted by atomic mass is 15.2. The summed E-state index contributed by atoms with van der Waals surface area (Å²) in [5, 5.41) is 0. The molecule has 0 amide bonds. The minimum atomic E-state index is 0.449. The van der Waals surface area contributed by atoms with Crippen LogP contribution in [0, 0.1) is 0 Å². The quantitative estimate of drug-likeness (QED) is 0.610. The molecule has 1 aliphatic heterocycles. The van der Waals surface area contributed by atoms with E-state index < -0.39 is 0 Å². The number of hydrogen-bond donors (Lipinski definition) is 0. The molecule has 0 bridgehead atoms. The minimum Gasteiger partial charge on any atom is -0.364 e. The first-order chi connectivity index (χ1) is 11.4. The molecule has 1 unspecified atom stereocenters. The molecule has 0 aromatic heterocycles. The monoisotopic (exact) mass is 297 g/mol. The first-order valence-electron chi connectivity index (χ1n) is 8.43. The predicted octanol–water partition coefficient (Wildman–Crippen LogP) is 5.01. The molecule has 5 rings (SSSR count). The van der Waals surface area contributed by atoms with Crippen LogP contribution in [-0.4, -0.2) is 6.54 Å². The molecule has 2 aliphatic rings. The topological polar surface area (TPSA) is 3.24 Å². The van der Waals surface area contributed by atoms with Crippen LogP contribution in [-0.2, 0) is 12.8 Å². The zero-order valence-corrected chi connectivity index (χ0v) is 13.1. The normalized spacial score (nSPS) is 18.3. The van der Waals surface area contributed by atoms with E-state index in [1.807, 2.05) is 0 Å². The number of anilines is 1. The maximum absolute atomic E-state index is 2.62. The number of nitrogens with zero attached hydrogens (tertiary/aromatic N) is 1. The summed E-state index contributed by atoms with van der Waals surface area (Å²) in [7, 11) is 0. The fourth-order valence-corrected chi connectivity index (χ4v) is 4.28. The van der Waals surface area contributed by atoms with Crippen LogP contribution in [0.15, 0.2) is 72.8 Å². The molecule has 1 heteroatoms. The second kappa shape index (κ2) is 4.99. The van der Waals surface area contributed by atoms with Gasteiger partial charge in [0.25, 0.3) is 0 Å². The Bertz CT molecular complexity index is 880. The molecule has 0 N–H and O–H groups in total. The van der Waals surface area contributed by atoms with Crippen LogP contribution in [0.25, 0.3) is 11.1 Å². The highest BCUT2D eigenvalue weighted by Crippen LogP contribution is 2.44. The summed E-state index contributed by atoms with van der Waals surface area (Å²) in [5.41, 5.74) is 8.68. The number of benzene rings is 3. The molecule has 3 aromatic carbocycles. The van der Waals surface area contributed by atoms with Crippen molar-refractivity contribution in [3.8, 4) is 11.1 Å². The first kappa shape index (κ1) is 13.0. The highest BCUT2D eigenvalue weighted by Gasteiger charge is 2.32. The molecular weight excluding hydrogens is 278 g/mol. The summed E-state index contributed by atoms with van der Waals surface area (Å²) in [6.45, 7) is 1.13. The van der Waals surface area contributed by atoms with E-state index in [1.165, 1.54) is 33.5 Å². The summed E-state index contributed by atoms with van der Waals surface area (Å²) in [4.78, 5) is 2.62. The second-order valence-electron chi connectivity index (χ2n) is 6.54. The van der Waals surface area contributed by atoms with E-state index in [-0.39, 0.29) is 0 Å². The van der Waals surface area contributed by atoms with Gasteiger partial charge in [-0.05, 0) is 46.7 Å². The summed E-state index contributed by atoms with van der Waals surface area (Å²) >= 11 is 0. The van der Waals surface area contributed by atoms with Crippen LogP contribution in [0.4, 0.5) is 5.69 Å². The largest absolute Gasteiger partial charge is 0.364 e. The van der Waals surface area contributed by atoms with Gasteiger partial charge < -0.3 is 4.90 Å². The van der Waals surface area contributed by atoms with Crippen molar-refractivity contribution in [2.24, 2.45) is 0 Å². The average molecular weight is 297 g/mol. The summed E-state index contributed by atoms with van der Waals surface area (Å²) in [6.07, 6.45) is 2.26. The lowest BCUT2D eigenvalue weighted by Crippen LogP contribution is -2.30. The lowest BCUT2D eigenvalue weighted by Gasteiger charge is -2.36. The van der Waals surface area contributed by atoms with Crippen LogP contribution < -0.4 is 4.90 Å². The van der Waals surface area contributed by atoms with Crippen molar-refractivity contribution in [3.05, 3.63) is 89.5 Å². The van der Waals surface area contributed by atoms with Gasteiger partial charge in [0.05, 0.1) is 6.04 Å². The molecule has 0 radical (unpaired) electrons. The molecule has 0 spiro atoms. The Morgan fingerprint density at radius 2 is 1.39 bits per heavy atom. The molecule has 0 saturated heterocycles. The SMILES string of the molecule is c1ccc2c(c1)CC(N1CCc3ccccc31)c1ccccc1-2. The van der Waals surface area contributed by atoms with Crippen LogP contribution in [0.5, 0.6) is 0 Å². The predicted molar refractivity (Wildman–Crippen MR) is 95.8 cm³/mol. The van der Waals surface area contributed by atoms with Gasteiger partial charge in [-0.2, -0.15) is 0 Å². The Morgan fingerprint density at radius 3 is 2.30 bits per heavy atom. The van der Waals surface area contributed by atoms with Crippen LogP contribution >= 0.6 is 0 Å². The van der Waals surface area contributed by atoms with Crippen molar-refractivity contribution in [3.63, 3.8) is 0 Å². The van der Waals surface area contributed by atoms with Crippen molar-refractivity contribution >= 4 is 5.69 Å². The molecule has 1 heterocycles. The van der Waals surface area contributed by atoms with E-state index in [1.54, 1.807) is 0 Å². The van der Waals surface area contributed by atoms with Crippen LogP contribution in [0.1, 0.15) is 22.7 Å². The maximum atomic E-state index is 2.62. The van der Waals surface area contributed by atoms with Crippen molar-refractivity contribution in [2.45, 2.75) is 18.9 Å². The molecular formula is C22H19N. The third kappa shape index (κ3) is 1.93. The first-order valence-corrected chi connectivity index (χ1v) is 8.43. The van der Waals surface area contributed by atoms with E-state index in [9.17, 15) is 0 Å². The number of hydrogen-bond acceptors (Lipinski definition) is 1. The third-order valence-corrected chi connectivity index (χ3v) is 5.34. The summed E-state index contributed by atoms with van der Waals surface area (Å²) in [6, 6.07) is 27.2. The van der Waals surface area contributed by atoms with Gasteiger partial charge in [-0.3, -0.25) is 0 Å². The van der Waals surface area contributed by atoms with Gasteiger partial charge >= 0.3 is 0 Å². The van der Waals surface area contributed by atoms with E-state index in [0.717, 1.165) is 19.4 Å². The molecule has 3 aromatic rings. The van der Waals surface area contributed by atoms with E-state index >= 15 is 0 Å². The van der Waals surface area contributed by atoms with Gasteiger partial charge in [0.1, 0.15) is 0 Å². The Labute approximate surface area is 137 Å². The van der Waals surface area contributed by atoms with Gasteiger partial charge in [-0.25, -0.2) is 0 Å². The Morgan fingerprint density at radius 1 is 0.696 bits per heavy atom. The number of rotatable bonds is 1. The Balaban J connectivity index is 1.66. The summed E-state index contributed by atoms with van der Waals surface area (Å²) in [5.74, 6) is 0. The Hall–Kier alpha value is -2.54. The molecule has 0 saturated carbocycles. The molecule has 1 atom stereocenters. The van der Waals surface area contributed by atoms with E-state index in [4.69, 9.17) is 0 Å². The zero-order chi connectivity index (χ0) is 15.2. The zero-order valence-electron chi connectivity index (χ0n) is 13.1. The van der Waals surface area contributed by atoms with Gasteiger partial charge in [-0.15, -0.1) is 0 Å². The van der Waals surface area contributed by atoms with Crippen molar-refractivity contribution in [2.75, 3.05) is 11.4 Å². The van der Waals surface area contributed by atoms with E-state index in [0.29, 0.717) is 6.04 Å². The molecule has 23 heavy (non-hydrogen) atoms. The van der Waals surface area contributed by atoms with E-state index in [2.05, 4.69) is 77.7 Å². The number of fused-ring (bicyclic) bond motifs is 4. The van der Waals surface area contributed by atoms with Gasteiger partial charge in [-0.1, -0.05) is 66.7 Å². The van der Waals surface area contributed by atoms with Gasteiger partial charge in [0.2, 0.25) is 0 Å². The van der Waals surface area contributed by atoms with Gasteiger partial charge in [0, 0.05) is 12.2 Å².